The van der Waals surface area contributed by atoms with Crippen LogP contribution < -0.4 is 40.9 Å². The number of benzene rings is 7. The Bertz CT molecular complexity index is 7820. The minimum absolute atomic E-state index is 0.00361. The Morgan fingerprint density at radius 1 is 0.458 bits per heavy atom. The van der Waals surface area contributed by atoms with Crippen LogP contribution in [0.15, 0.2) is 150 Å². The van der Waals surface area contributed by atoms with E-state index < -0.39 is 80.3 Å². The number of ether oxygens (including phenoxy) is 2. The van der Waals surface area contributed by atoms with Crippen LogP contribution in [0.3, 0.4) is 0 Å². The molecule has 13 heterocycles. The molecule has 14 aromatic rings. The maximum Gasteiger partial charge on any atom is 0.300 e. The number of piperazine rings is 3. The van der Waals surface area contributed by atoms with Gasteiger partial charge in [-0.1, -0.05) is 119 Å². The van der Waals surface area contributed by atoms with Crippen LogP contribution in [0.4, 0.5) is 47.8 Å². The highest BCUT2D eigenvalue weighted by Crippen LogP contribution is 2.52. The lowest BCUT2D eigenvalue weighted by Crippen LogP contribution is -2.62. The molecular formula is C110H115F7N18O9. The normalized spacial score (nSPS) is 17.6. The molecule has 7 aromatic carbocycles. The Kier molecular flexibility index (Phi) is 26.5. The lowest BCUT2D eigenvalue weighted by molar-refractivity contribution is -0.129. The lowest BCUT2D eigenvalue weighted by Gasteiger charge is -2.48. The van der Waals surface area contributed by atoms with E-state index in [1.807, 2.05) is 155 Å². The Morgan fingerprint density at radius 2 is 0.861 bits per heavy atom. The van der Waals surface area contributed by atoms with Crippen LogP contribution >= 0.6 is 0 Å². The van der Waals surface area contributed by atoms with E-state index in [0.717, 1.165) is 29.3 Å². The number of rotatable bonds is 16. The maximum absolute atomic E-state index is 17.8. The van der Waals surface area contributed by atoms with E-state index in [1.54, 1.807) is 40.7 Å². The summed E-state index contributed by atoms with van der Waals surface area (Å²) in [6.07, 6.45) is 10.5. The number of amides is 3. The largest absolute Gasteiger partial charge is 0.507 e. The summed E-state index contributed by atoms with van der Waals surface area (Å²) in [4.78, 5) is 129. The van der Waals surface area contributed by atoms with Crippen LogP contribution in [0.25, 0.3) is 105 Å². The standard InChI is InChI=1S/C37H39F3N4O4.C37H39F2N7O3.C36H37F2N7O2/c1-8-29(46)42-17-23-18-48-36-35(43(23)15-21(42)5)25-14-27(39)31(30-26(38)10-9-11-28(30)45)32(40)34(25)44(37(36)47)33-20(4)12-22(16-41(6)7)13-24(33)19(2)3;1-8-26(47)44-15-22-11-12-49-36-34(45(22)14-21(44)7)23-13-24(38)28(27-20(6)9-10-25-32(27)43-16-40-25)29(39)33(23)46(37(36)48)35-30(18(2)3)41-17-42-31(35)19(4)5;1-8-26(46)43-14-21-11-23-33(44(21)13-20(43)7)22-12-24(37)28(27-19(6)9-10-25-32(27)42-15-39-25)29(38)34(22)45(36(23)47)35-30(17(2)3)40-16-41-31(35)18(4)5/h8-14,19,21,23,45H,1,15-18H2,2-7H3;8-10,13,16-19,21-22H,1,11-12,14-15H2,2-7H3,(H,40,43);8-10,12,15-18,20-21H,1,11,13-14H2,2-7H3,(H,39,42). The first kappa shape index (κ1) is 99.3. The monoisotopic (exact) mass is 1960 g/mol. The number of H-pyrrole nitrogens is 2. The number of aromatic amines is 2. The van der Waals surface area contributed by atoms with Crippen molar-refractivity contribution < 1.29 is 59.7 Å². The van der Waals surface area contributed by atoms with E-state index in [0.29, 0.717) is 152 Å². The first-order chi connectivity index (χ1) is 68.6. The fourth-order valence-corrected chi connectivity index (χ4v) is 22.2. The van der Waals surface area contributed by atoms with Gasteiger partial charge in [-0.05, 0) is 174 Å². The molecule has 3 fully saturated rings. The highest BCUT2D eigenvalue weighted by atomic mass is 19.2. The maximum atomic E-state index is 17.8. The van der Waals surface area contributed by atoms with Gasteiger partial charge in [0.05, 0.1) is 155 Å². The zero-order chi connectivity index (χ0) is 103. The van der Waals surface area contributed by atoms with Crippen LogP contribution in [0.2, 0.25) is 0 Å². The number of pyridine rings is 3. The summed E-state index contributed by atoms with van der Waals surface area (Å²) < 4.78 is 134. The van der Waals surface area contributed by atoms with E-state index in [-0.39, 0.29) is 165 Å². The number of hydrogen-bond donors (Lipinski definition) is 3. The first-order valence-electron chi connectivity index (χ1n) is 48.6. The number of anilines is 3. The van der Waals surface area contributed by atoms with Crippen molar-refractivity contribution in [2.45, 2.75) is 196 Å². The van der Waals surface area contributed by atoms with Gasteiger partial charge in [-0.3, -0.25) is 42.5 Å². The van der Waals surface area contributed by atoms with E-state index in [2.05, 4.69) is 59.6 Å². The SMILES string of the molecule is C=CC(=O)N1CC2CCOc3c(c4cc(F)c(-c5c(C)ccc6[nH]cnc56)c(F)c4n(-c4c(C(C)C)ncnc4C(C)C)c3=O)N2CC1C.C=CC(=O)N1CC2COc3c(c4cc(F)c(-c5c(O)cccc5F)c(F)c4n(-c4c(C)cc(CN(C)C)cc4C(C)C)c3=O)N2CC1C.C=CC(=O)N1CC2Cc3c(c4cc(F)c(-c5c(C)ccc6[nH]cnc56)c(F)c4n(-c4c(C(C)C)ncnc4C(C)C)c3=O)N2CC1C. The molecule has 3 saturated heterocycles. The molecule has 6 atom stereocenters. The zero-order valence-electron chi connectivity index (χ0n) is 83.7. The van der Waals surface area contributed by atoms with Crippen molar-refractivity contribution in [3.8, 4) is 67.7 Å². The number of hydrogen-bond acceptors (Lipinski definition) is 19. The topological polar surface area (TPSA) is 288 Å². The Labute approximate surface area is 827 Å². The van der Waals surface area contributed by atoms with Gasteiger partial charge in [0.25, 0.3) is 16.7 Å². The number of nitrogens with zero attached hydrogens (tertiary/aromatic N) is 16. The average Bonchev–Trinajstić information content (AvgIpc) is 1.49. The molecule has 3 N–H and O–H groups in total. The van der Waals surface area contributed by atoms with Crippen LogP contribution in [0.5, 0.6) is 17.2 Å². The Balaban J connectivity index is 0.000000142. The van der Waals surface area contributed by atoms with Gasteiger partial charge in [0.2, 0.25) is 29.2 Å². The highest BCUT2D eigenvalue weighted by molar-refractivity contribution is 6.06. The molecule has 6 aliphatic rings. The molecule has 0 bridgehead atoms. The van der Waals surface area contributed by atoms with Crippen molar-refractivity contribution in [2.24, 2.45) is 0 Å². The van der Waals surface area contributed by atoms with Crippen molar-refractivity contribution in [1.82, 2.24) is 73.2 Å². The number of nitrogens with one attached hydrogen (secondary N) is 2. The van der Waals surface area contributed by atoms with Gasteiger partial charge in [0.1, 0.15) is 48.3 Å². The third-order valence-corrected chi connectivity index (χ3v) is 28.8. The number of aromatic hydroxyl groups is 1. The highest BCUT2D eigenvalue weighted by Gasteiger charge is 2.47. The number of imidazole rings is 2. The molecule has 144 heavy (non-hydrogen) atoms. The van der Waals surface area contributed by atoms with Crippen molar-refractivity contribution in [3.63, 3.8) is 0 Å². The Hall–Kier alpha value is -14.8. The van der Waals surface area contributed by atoms with Gasteiger partial charge in [-0.2, -0.15) is 0 Å². The van der Waals surface area contributed by atoms with Crippen molar-refractivity contribution in [2.75, 3.05) is 81.3 Å². The molecule has 0 radical (unpaired) electrons. The molecule has 34 heteroatoms. The summed E-state index contributed by atoms with van der Waals surface area (Å²) in [5.41, 5.74) is 7.32. The van der Waals surface area contributed by atoms with E-state index in [1.165, 1.54) is 75.4 Å². The number of halogens is 7. The van der Waals surface area contributed by atoms with E-state index in [9.17, 15) is 29.1 Å². The van der Waals surface area contributed by atoms with Crippen LogP contribution in [-0.4, -0.2) is 199 Å². The smallest absolute Gasteiger partial charge is 0.300 e. The van der Waals surface area contributed by atoms with Crippen LogP contribution in [0, 0.1) is 61.5 Å². The fourth-order valence-electron chi connectivity index (χ4n) is 22.2. The summed E-state index contributed by atoms with van der Waals surface area (Å²) in [7, 11) is 3.89. The first-order valence-corrected chi connectivity index (χ1v) is 48.6. The van der Waals surface area contributed by atoms with E-state index >= 15 is 35.5 Å². The summed E-state index contributed by atoms with van der Waals surface area (Å²) in [5, 5.41) is 11.1. The molecule has 0 aliphatic carbocycles. The van der Waals surface area contributed by atoms with Gasteiger partial charge in [-0.25, -0.2) is 60.6 Å². The van der Waals surface area contributed by atoms with Crippen molar-refractivity contribution in [3.05, 3.63) is 264 Å². The molecule has 3 amide bonds. The third kappa shape index (κ3) is 16.5. The van der Waals surface area contributed by atoms with Crippen LogP contribution in [-0.2, 0) is 27.3 Å². The Morgan fingerprint density at radius 3 is 1.29 bits per heavy atom. The number of aromatic nitrogens is 11. The zero-order valence-corrected chi connectivity index (χ0v) is 83.7. The number of phenols is 1. The van der Waals surface area contributed by atoms with Gasteiger partial charge in [0, 0.05) is 110 Å². The minimum atomic E-state index is -1.20. The summed E-state index contributed by atoms with van der Waals surface area (Å²) in [5.74, 6) is -8.73. The number of aryl methyl sites for hydroxylation is 3. The quantitative estimate of drug-likeness (QED) is 0.0598. The number of carbonyl (C=O) groups excluding carboxylic acids is 3. The molecule has 27 nitrogen and oxygen atoms in total. The lowest BCUT2D eigenvalue weighted by atomic mass is 9.93. The summed E-state index contributed by atoms with van der Waals surface area (Å²) >= 11 is 0. The molecule has 6 aliphatic heterocycles. The summed E-state index contributed by atoms with van der Waals surface area (Å²) in [6, 6.07) is 16.5. The van der Waals surface area contributed by atoms with Crippen molar-refractivity contribution >= 4 is 89.6 Å². The average molecular weight is 1970 g/mol. The summed E-state index contributed by atoms with van der Waals surface area (Å²) in [6.45, 7) is 44.3. The second-order valence-corrected chi connectivity index (χ2v) is 40.2. The second-order valence-electron chi connectivity index (χ2n) is 40.2. The van der Waals surface area contributed by atoms with Crippen molar-refractivity contribution in [1.29, 1.82) is 0 Å². The van der Waals surface area contributed by atoms with Gasteiger partial charge >= 0.3 is 0 Å². The molecule has 0 saturated carbocycles. The molecule has 0 spiro atoms. The van der Waals surface area contributed by atoms with Crippen LogP contribution in [0.1, 0.15) is 182 Å². The molecule has 6 unspecified atom stereocenters. The predicted molar refractivity (Wildman–Crippen MR) is 546 cm³/mol. The number of phenolic OH excluding ortho intramolecular Hbond substituents is 1. The molecular weight excluding hydrogens is 1850 g/mol. The third-order valence-electron chi connectivity index (χ3n) is 28.8. The minimum Gasteiger partial charge on any atom is -0.507 e. The molecule has 20 rings (SSSR count). The number of carbonyl (C=O) groups is 3. The van der Waals surface area contributed by atoms with E-state index in [4.69, 9.17) is 9.47 Å². The second kappa shape index (κ2) is 38.5. The van der Waals surface area contributed by atoms with Gasteiger partial charge in [-0.15, -0.1) is 0 Å². The van der Waals surface area contributed by atoms with Gasteiger partial charge < -0.3 is 58.8 Å². The predicted octanol–water partition coefficient (Wildman–Crippen LogP) is 19.1. The molecule has 748 valence electrons. The number of fused-ring (bicyclic) bond motifs is 17. The fraction of sp³-hybridized carbons (Fsp3) is 0.364. The molecule has 7 aromatic heterocycles. The van der Waals surface area contributed by atoms with Gasteiger partial charge in [0.15, 0.2) is 17.5 Å².